The van der Waals surface area contributed by atoms with Crippen LogP contribution in [0.4, 0.5) is 17.1 Å². The van der Waals surface area contributed by atoms with Gasteiger partial charge in [-0.1, -0.05) is 90.5 Å². The molecule has 0 aliphatic carbocycles. The molecule has 0 aliphatic heterocycles. The van der Waals surface area contributed by atoms with Crippen LogP contribution in [-0.2, 0) is 48.2 Å². The molecular weight excluding hydrogens is 650 g/mol. The topological polar surface area (TPSA) is 58.6 Å². The lowest BCUT2D eigenvalue weighted by atomic mass is 9.94. The maximum atomic E-state index is 5.76. The van der Waals surface area contributed by atoms with Crippen molar-refractivity contribution in [1.29, 1.82) is 0 Å². The van der Waals surface area contributed by atoms with Gasteiger partial charge in [0.25, 0.3) is 0 Å². The molecule has 0 saturated heterocycles. The number of aryl methyl sites for hydroxylation is 1. The zero-order chi connectivity index (χ0) is 36.4. The highest BCUT2D eigenvalue weighted by Gasteiger charge is 2.14. The lowest BCUT2D eigenvalue weighted by Gasteiger charge is -2.26. The highest BCUT2D eigenvalue weighted by Crippen LogP contribution is 2.36. The van der Waals surface area contributed by atoms with Crippen LogP contribution in [0.2, 0.25) is 0 Å². The highest BCUT2D eigenvalue weighted by molar-refractivity contribution is 5.92. The number of benzene rings is 5. The van der Waals surface area contributed by atoms with Gasteiger partial charge in [-0.05, 0) is 88.4 Å². The van der Waals surface area contributed by atoms with Gasteiger partial charge in [0.15, 0.2) is 0 Å². The molecule has 5 aromatic rings. The number of hydrogen-bond donors (Lipinski definition) is 0. The first-order valence-corrected chi connectivity index (χ1v) is 17.7. The Kier molecular flexibility index (Phi) is 15.6. The SMILES string of the molecule is COCCOCc1ccc(C(=Cc2ccc(N(c3ccc(COCCOC)cc3)c3ccc(COCCOC)cc3)cc2)c2ccc(C)cc2)cc1. The van der Waals surface area contributed by atoms with E-state index in [2.05, 4.69) is 139 Å². The Morgan fingerprint density at radius 3 is 1.17 bits per heavy atom. The molecular formula is C45H51NO6. The summed E-state index contributed by atoms with van der Waals surface area (Å²) < 4.78 is 32.6. The summed E-state index contributed by atoms with van der Waals surface area (Å²) in [6.07, 6.45) is 2.26. The lowest BCUT2D eigenvalue weighted by molar-refractivity contribution is 0.0616. The monoisotopic (exact) mass is 701 g/mol. The Morgan fingerprint density at radius 1 is 0.442 bits per heavy atom. The third kappa shape index (κ3) is 11.7. The molecule has 0 bridgehead atoms. The van der Waals surface area contributed by atoms with Crippen molar-refractivity contribution >= 4 is 28.7 Å². The van der Waals surface area contributed by atoms with E-state index in [1.807, 2.05) is 0 Å². The van der Waals surface area contributed by atoms with Crippen molar-refractivity contribution in [3.63, 3.8) is 0 Å². The molecule has 0 spiro atoms. The molecule has 272 valence electrons. The van der Waals surface area contributed by atoms with E-state index < -0.39 is 0 Å². The quantitative estimate of drug-likeness (QED) is 0.0558. The summed E-state index contributed by atoms with van der Waals surface area (Å²) in [5, 5.41) is 0. The smallest absolute Gasteiger partial charge is 0.0718 e. The summed E-state index contributed by atoms with van der Waals surface area (Å²) in [7, 11) is 5.05. The first-order chi connectivity index (χ1) is 25.6. The summed E-state index contributed by atoms with van der Waals surface area (Å²) in [5.74, 6) is 0. The standard InChI is InChI=1S/C45H51NO6/c1-35-5-15-40(16-6-35)45(41-17-7-37(8-18-41)32-50-28-25-47-2)31-36-9-19-42(20-10-36)46(43-21-11-38(12-22-43)33-51-29-26-48-3)44-23-13-39(14-24-44)34-52-30-27-49-4/h5-24,31H,25-30,32-34H2,1-4H3. The van der Waals surface area contributed by atoms with Crippen molar-refractivity contribution in [2.75, 3.05) is 65.9 Å². The Morgan fingerprint density at radius 2 is 0.788 bits per heavy atom. The Labute approximate surface area is 309 Å². The molecule has 0 aromatic heterocycles. The molecule has 0 radical (unpaired) electrons. The van der Waals surface area contributed by atoms with Crippen molar-refractivity contribution in [3.05, 3.63) is 160 Å². The molecule has 0 unspecified atom stereocenters. The molecule has 0 N–H and O–H groups in total. The van der Waals surface area contributed by atoms with Gasteiger partial charge in [0.1, 0.15) is 0 Å². The van der Waals surface area contributed by atoms with Crippen LogP contribution in [0.5, 0.6) is 0 Å². The zero-order valence-corrected chi connectivity index (χ0v) is 30.9. The number of hydrogen-bond acceptors (Lipinski definition) is 7. The number of methoxy groups -OCH3 is 3. The molecule has 0 fully saturated rings. The van der Waals surface area contributed by atoms with Crippen LogP contribution in [0.15, 0.2) is 121 Å². The van der Waals surface area contributed by atoms with E-state index >= 15 is 0 Å². The Balaban J connectivity index is 1.42. The predicted molar refractivity (Wildman–Crippen MR) is 210 cm³/mol. The largest absolute Gasteiger partial charge is 0.382 e. The van der Waals surface area contributed by atoms with E-state index in [0.29, 0.717) is 59.5 Å². The first kappa shape index (κ1) is 38.6. The normalized spacial score (nSPS) is 11.6. The molecule has 0 atom stereocenters. The molecule has 52 heavy (non-hydrogen) atoms. The van der Waals surface area contributed by atoms with Crippen LogP contribution in [0, 0.1) is 6.92 Å². The van der Waals surface area contributed by atoms with Gasteiger partial charge in [-0.3, -0.25) is 0 Å². The van der Waals surface area contributed by atoms with Crippen LogP contribution in [0.25, 0.3) is 11.6 Å². The van der Waals surface area contributed by atoms with Crippen molar-refractivity contribution < 1.29 is 28.4 Å². The van der Waals surface area contributed by atoms with Crippen molar-refractivity contribution in [2.45, 2.75) is 26.7 Å². The second-order valence-electron chi connectivity index (χ2n) is 12.5. The third-order valence-electron chi connectivity index (χ3n) is 8.58. The fraction of sp³-hybridized carbons (Fsp3) is 0.289. The molecule has 0 heterocycles. The second kappa shape index (κ2) is 21.1. The molecule has 5 rings (SSSR count). The van der Waals surface area contributed by atoms with Gasteiger partial charge in [0.2, 0.25) is 0 Å². The van der Waals surface area contributed by atoms with Crippen LogP contribution >= 0.6 is 0 Å². The van der Waals surface area contributed by atoms with Gasteiger partial charge >= 0.3 is 0 Å². The van der Waals surface area contributed by atoms with Crippen LogP contribution < -0.4 is 4.90 Å². The molecule has 7 heteroatoms. The van der Waals surface area contributed by atoms with Gasteiger partial charge in [0, 0.05) is 38.4 Å². The second-order valence-corrected chi connectivity index (χ2v) is 12.5. The Hall–Kier alpha value is -4.60. The summed E-state index contributed by atoms with van der Waals surface area (Å²) in [4.78, 5) is 2.27. The zero-order valence-electron chi connectivity index (χ0n) is 30.9. The maximum Gasteiger partial charge on any atom is 0.0718 e. The lowest BCUT2D eigenvalue weighted by Crippen LogP contribution is -2.10. The number of rotatable bonds is 21. The molecule has 5 aromatic carbocycles. The fourth-order valence-corrected chi connectivity index (χ4v) is 5.66. The number of nitrogens with zero attached hydrogens (tertiary/aromatic N) is 1. The van der Waals surface area contributed by atoms with E-state index in [-0.39, 0.29) is 0 Å². The summed E-state index contributed by atoms with van der Waals surface area (Å²) in [6.45, 7) is 7.19. The van der Waals surface area contributed by atoms with Gasteiger partial charge in [-0.2, -0.15) is 0 Å². The minimum atomic E-state index is 0.538. The van der Waals surface area contributed by atoms with Crippen LogP contribution in [0.1, 0.15) is 38.9 Å². The molecule has 0 saturated carbocycles. The van der Waals surface area contributed by atoms with E-state index in [0.717, 1.165) is 56.0 Å². The van der Waals surface area contributed by atoms with E-state index in [4.69, 9.17) is 28.4 Å². The minimum absolute atomic E-state index is 0.538. The highest BCUT2D eigenvalue weighted by atomic mass is 16.5. The first-order valence-electron chi connectivity index (χ1n) is 17.7. The van der Waals surface area contributed by atoms with Gasteiger partial charge in [-0.25, -0.2) is 0 Å². The summed E-state index contributed by atoms with van der Waals surface area (Å²) in [6, 6.07) is 43.1. The van der Waals surface area contributed by atoms with Gasteiger partial charge < -0.3 is 33.3 Å². The number of anilines is 3. The molecule has 0 aliphatic rings. The predicted octanol–water partition coefficient (Wildman–Crippen LogP) is 9.54. The van der Waals surface area contributed by atoms with Gasteiger partial charge in [-0.15, -0.1) is 0 Å². The van der Waals surface area contributed by atoms with E-state index in [9.17, 15) is 0 Å². The molecule has 0 amide bonds. The van der Waals surface area contributed by atoms with E-state index in [1.165, 1.54) is 5.56 Å². The van der Waals surface area contributed by atoms with Crippen molar-refractivity contribution in [3.8, 4) is 0 Å². The van der Waals surface area contributed by atoms with Crippen molar-refractivity contribution in [1.82, 2.24) is 0 Å². The molecule has 7 nitrogen and oxygen atoms in total. The average Bonchev–Trinajstić information content (AvgIpc) is 3.18. The van der Waals surface area contributed by atoms with Crippen LogP contribution in [0.3, 0.4) is 0 Å². The number of ether oxygens (including phenoxy) is 6. The van der Waals surface area contributed by atoms with Crippen molar-refractivity contribution in [2.24, 2.45) is 0 Å². The minimum Gasteiger partial charge on any atom is -0.382 e. The van der Waals surface area contributed by atoms with Gasteiger partial charge in [0.05, 0.1) is 59.5 Å². The summed E-state index contributed by atoms with van der Waals surface area (Å²) in [5.41, 5.74) is 12.3. The third-order valence-corrected chi connectivity index (χ3v) is 8.58. The maximum absolute atomic E-state index is 5.76. The fourth-order valence-electron chi connectivity index (χ4n) is 5.66. The Bertz CT molecular complexity index is 1710. The van der Waals surface area contributed by atoms with Crippen LogP contribution in [-0.4, -0.2) is 61.0 Å². The van der Waals surface area contributed by atoms with E-state index in [1.54, 1.807) is 21.3 Å². The summed E-state index contributed by atoms with van der Waals surface area (Å²) >= 11 is 0. The average molecular weight is 702 g/mol.